The average Bonchev–Trinajstić information content (AvgIpc) is 2.08. The zero-order valence-corrected chi connectivity index (χ0v) is 9.43. The molecular weight excluding hydrogens is 200 g/mol. The van der Waals surface area contributed by atoms with Crippen molar-refractivity contribution in [3.05, 3.63) is 23.4 Å². The second kappa shape index (κ2) is 4.62. The smallest absolute Gasteiger partial charge is 0.145 e. The van der Waals surface area contributed by atoms with Crippen LogP contribution in [0.5, 0.6) is 0 Å². The van der Waals surface area contributed by atoms with Crippen molar-refractivity contribution in [2.75, 3.05) is 19.0 Å². The number of halogens is 1. The molecule has 0 saturated heterocycles. The number of anilines is 1. The van der Waals surface area contributed by atoms with Gasteiger partial charge in [-0.1, -0.05) is 11.6 Å². The summed E-state index contributed by atoms with van der Waals surface area (Å²) in [5.74, 6) is 0.691. The Kier molecular flexibility index (Phi) is 3.72. The standard InChI is InChI=1S/C10H15ClN2O/c1-10(2,7-14-3)13-9-8(11)5-4-6-12-9/h4-6H,7H2,1-3H3,(H,12,13). The lowest BCUT2D eigenvalue weighted by molar-refractivity contribution is 0.158. The van der Waals surface area contributed by atoms with E-state index in [1.54, 1.807) is 25.4 Å². The minimum atomic E-state index is -0.174. The van der Waals surface area contributed by atoms with E-state index in [0.29, 0.717) is 17.4 Å². The number of nitrogens with one attached hydrogen (secondary N) is 1. The van der Waals surface area contributed by atoms with Gasteiger partial charge in [0.1, 0.15) is 5.82 Å². The third kappa shape index (κ3) is 3.16. The zero-order chi connectivity index (χ0) is 10.6. The van der Waals surface area contributed by atoms with Crippen LogP contribution in [0.25, 0.3) is 0 Å². The number of aromatic nitrogens is 1. The van der Waals surface area contributed by atoms with Crippen LogP contribution in [-0.4, -0.2) is 24.2 Å². The van der Waals surface area contributed by atoms with Crippen LogP contribution in [0, 0.1) is 0 Å². The molecule has 0 spiro atoms. The van der Waals surface area contributed by atoms with Gasteiger partial charge < -0.3 is 10.1 Å². The summed E-state index contributed by atoms with van der Waals surface area (Å²) in [5.41, 5.74) is -0.174. The number of rotatable bonds is 4. The molecule has 0 bridgehead atoms. The van der Waals surface area contributed by atoms with E-state index in [-0.39, 0.29) is 5.54 Å². The first-order valence-electron chi connectivity index (χ1n) is 4.43. The number of hydrogen-bond donors (Lipinski definition) is 1. The summed E-state index contributed by atoms with van der Waals surface area (Å²) in [6.45, 7) is 4.66. The highest BCUT2D eigenvalue weighted by Crippen LogP contribution is 2.21. The van der Waals surface area contributed by atoms with E-state index in [9.17, 15) is 0 Å². The minimum Gasteiger partial charge on any atom is -0.382 e. The molecule has 0 aliphatic carbocycles. The van der Waals surface area contributed by atoms with E-state index in [4.69, 9.17) is 16.3 Å². The van der Waals surface area contributed by atoms with Crippen LogP contribution < -0.4 is 5.32 Å². The van der Waals surface area contributed by atoms with Gasteiger partial charge in [-0.05, 0) is 26.0 Å². The molecule has 0 radical (unpaired) electrons. The second-order valence-electron chi connectivity index (χ2n) is 3.78. The lowest BCUT2D eigenvalue weighted by atomic mass is 10.1. The molecule has 0 aliphatic rings. The van der Waals surface area contributed by atoms with Crippen molar-refractivity contribution in [2.24, 2.45) is 0 Å². The number of ether oxygens (including phenoxy) is 1. The average molecular weight is 215 g/mol. The number of hydrogen-bond acceptors (Lipinski definition) is 3. The zero-order valence-electron chi connectivity index (χ0n) is 8.67. The van der Waals surface area contributed by atoms with Crippen LogP contribution in [0.2, 0.25) is 5.02 Å². The first-order chi connectivity index (χ1) is 6.55. The number of nitrogens with zero attached hydrogens (tertiary/aromatic N) is 1. The molecule has 1 aromatic heterocycles. The van der Waals surface area contributed by atoms with Crippen molar-refractivity contribution in [3.8, 4) is 0 Å². The van der Waals surface area contributed by atoms with Gasteiger partial charge in [-0.2, -0.15) is 0 Å². The molecule has 0 atom stereocenters. The summed E-state index contributed by atoms with van der Waals surface area (Å²) in [6.07, 6.45) is 1.71. The number of pyridine rings is 1. The highest BCUT2D eigenvalue weighted by molar-refractivity contribution is 6.32. The third-order valence-electron chi connectivity index (χ3n) is 1.72. The van der Waals surface area contributed by atoms with Crippen molar-refractivity contribution >= 4 is 17.4 Å². The maximum absolute atomic E-state index is 5.96. The summed E-state index contributed by atoms with van der Waals surface area (Å²) in [7, 11) is 1.67. The summed E-state index contributed by atoms with van der Waals surface area (Å²) in [5, 5.41) is 3.84. The van der Waals surface area contributed by atoms with E-state index in [2.05, 4.69) is 10.3 Å². The van der Waals surface area contributed by atoms with E-state index >= 15 is 0 Å². The summed E-state index contributed by atoms with van der Waals surface area (Å²) in [4.78, 5) is 4.15. The van der Waals surface area contributed by atoms with E-state index < -0.39 is 0 Å². The van der Waals surface area contributed by atoms with Crippen LogP contribution in [0.3, 0.4) is 0 Å². The Bertz CT molecular complexity index is 302. The normalized spacial score (nSPS) is 11.4. The van der Waals surface area contributed by atoms with Gasteiger partial charge in [-0.25, -0.2) is 4.98 Å². The molecule has 0 aromatic carbocycles. The van der Waals surface area contributed by atoms with Gasteiger partial charge in [-0.15, -0.1) is 0 Å². The van der Waals surface area contributed by atoms with Gasteiger partial charge in [-0.3, -0.25) is 0 Å². The van der Waals surface area contributed by atoms with Crippen molar-refractivity contribution in [1.29, 1.82) is 0 Å². The Morgan fingerprint density at radius 3 is 2.86 bits per heavy atom. The third-order valence-corrected chi connectivity index (χ3v) is 2.03. The summed E-state index contributed by atoms with van der Waals surface area (Å²) in [6, 6.07) is 3.61. The SMILES string of the molecule is COCC(C)(C)Nc1ncccc1Cl. The molecule has 3 nitrogen and oxygen atoms in total. The van der Waals surface area contributed by atoms with Gasteiger partial charge >= 0.3 is 0 Å². The summed E-state index contributed by atoms with van der Waals surface area (Å²) < 4.78 is 5.09. The molecule has 4 heteroatoms. The molecule has 0 amide bonds. The Morgan fingerprint density at radius 1 is 1.57 bits per heavy atom. The molecule has 78 valence electrons. The first kappa shape index (κ1) is 11.3. The molecule has 14 heavy (non-hydrogen) atoms. The predicted octanol–water partition coefficient (Wildman–Crippen LogP) is 2.57. The fraction of sp³-hybridized carbons (Fsp3) is 0.500. The van der Waals surface area contributed by atoms with Gasteiger partial charge in [0.2, 0.25) is 0 Å². The molecular formula is C10H15ClN2O. The van der Waals surface area contributed by atoms with E-state index in [1.807, 2.05) is 13.8 Å². The first-order valence-corrected chi connectivity index (χ1v) is 4.80. The largest absolute Gasteiger partial charge is 0.382 e. The second-order valence-corrected chi connectivity index (χ2v) is 4.18. The van der Waals surface area contributed by atoms with Crippen molar-refractivity contribution in [2.45, 2.75) is 19.4 Å². The van der Waals surface area contributed by atoms with Crippen molar-refractivity contribution in [3.63, 3.8) is 0 Å². The van der Waals surface area contributed by atoms with E-state index in [0.717, 1.165) is 0 Å². The Balaban J connectivity index is 2.73. The molecule has 0 saturated carbocycles. The maximum atomic E-state index is 5.96. The molecule has 1 aromatic rings. The summed E-state index contributed by atoms with van der Waals surface area (Å²) >= 11 is 5.96. The Labute approximate surface area is 89.4 Å². The van der Waals surface area contributed by atoms with Gasteiger partial charge in [0, 0.05) is 13.3 Å². The van der Waals surface area contributed by atoms with Gasteiger partial charge in [0.05, 0.1) is 17.2 Å². The molecule has 1 rings (SSSR count). The Morgan fingerprint density at radius 2 is 2.29 bits per heavy atom. The topological polar surface area (TPSA) is 34.1 Å². The van der Waals surface area contributed by atoms with Gasteiger partial charge in [0.15, 0.2) is 0 Å². The highest BCUT2D eigenvalue weighted by Gasteiger charge is 2.18. The van der Waals surface area contributed by atoms with Crippen LogP contribution in [0.15, 0.2) is 18.3 Å². The van der Waals surface area contributed by atoms with Crippen LogP contribution in [0.1, 0.15) is 13.8 Å². The molecule has 0 unspecified atom stereocenters. The minimum absolute atomic E-state index is 0.174. The van der Waals surface area contributed by atoms with Gasteiger partial charge in [0.25, 0.3) is 0 Å². The maximum Gasteiger partial charge on any atom is 0.145 e. The van der Waals surface area contributed by atoms with Crippen molar-refractivity contribution in [1.82, 2.24) is 4.98 Å². The fourth-order valence-corrected chi connectivity index (χ4v) is 1.36. The van der Waals surface area contributed by atoms with E-state index in [1.165, 1.54) is 0 Å². The predicted molar refractivity (Wildman–Crippen MR) is 58.8 cm³/mol. The fourth-order valence-electron chi connectivity index (χ4n) is 1.20. The van der Waals surface area contributed by atoms with Crippen LogP contribution >= 0.6 is 11.6 Å². The molecule has 1 heterocycles. The molecule has 0 fully saturated rings. The lowest BCUT2D eigenvalue weighted by Crippen LogP contribution is -2.36. The van der Waals surface area contributed by atoms with Crippen molar-refractivity contribution < 1.29 is 4.74 Å². The quantitative estimate of drug-likeness (QED) is 0.837. The molecule has 1 N–H and O–H groups in total. The monoisotopic (exact) mass is 214 g/mol. The highest BCUT2D eigenvalue weighted by atomic mass is 35.5. The van der Waals surface area contributed by atoms with Crippen LogP contribution in [0.4, 0.5) is 5.82 Å². The Hall–Kier alpha value is -0.800. The van der Waals surface area contributed by atoms with Crippen LogP contribution in [-0.2, 0) is 4.74 Å². The molecule has 0 aliphatic heterocycles. The number of methoxy groups -OCH3 is 1. The lowest BCUT2D eigenvalue weighted by Gasteiger charge is -2.26.